The molecule has 0 aliphatic carbocycles. The Morgan fingerprint density at radius 2 is 2.00 bits per heavy atom. The second kappa shape index (κ2) is 6.62. The van der Waals surface area contributed by atoms with Gasteiger partial charge in [-0.2, -0.15) is 0 Å². The second-order valence-corrected chi connectivity index (χ2v) is 7.11. The Morgan fingerprint density at radius 1 is 1.12 bits per heavy atom. The van der Waals surface area contributed by atoms with Crippen LogP contribution in [0.2, 0.25) is 0 Å². The zero-order chi connectivity index (χ0) is 16.4. The van der Waals surface area contributed by atoms with Gasteiger partial charge in [0.1, 0.15) is 0 Å². The third-order valence-corrected chi connectivity index (χ3v) is 5.19. The van der Waals surface area contributed by atoms with Crippen molar-refractivity contribution in [3.05, 3.63) is 64.8 Å². The van der Waals surface area contributed by atoms with E-state index in [4.69, 9.17) is 4.42 Å². The molecular formula is C17H14N4OS2. The van der Waals surface area contributed by atoms with Gasteiger partial charge in [0, 0.05) is 16.8 Å². The Labute approximate surface area is 147 Å². The van der Waals surface area contributed by atoms with Gasteiger partial charge in [-0.25, -0.2) is 4.98 Å². The number of aryl methyl sites for hydroxylation is 1. The molecular weight excluding hydrogens is 340 g/mol. The topological polar surface area (TPSA) is 56.7 Å². The highest BCUT2D eigenvalue weighted by molar-refractivity contribution is 7.98. The maximum atomic E-state index is 5.52. The van der Waals surface area contributed by atoms with Crippen molar-refractivity contribution in [1.29, 1.82) is 0 Å². The number of aromatic nitrogens is 4. The molecule has 3 heterocycles. The van der Waals surface area contributed by atoms with E-state index in [-0.39, 0.29) is 0 Å². The van der Waals surface area contributed by atoms with Gasteiger partial charge < -0.3 is 4.42 Å². The van der Waals surface area contributed by atoms with Crippen molar-refractivity contribution in [2.45, 2.75) is 17.8 Å². The van der Waals surface area contributed by atoms with E-state index in [2.05, 4.69) is 20.6 Å². The predicted octanol–water partition coefficient (Wildman–Crippen LogP) is 4.58. The molecule has 0 saturated heterocycles. The summed E-state index contributed by atoms with van der Waals surface area (Å²) in [6.45, 7) is 2.01. The van der Waals surface area contributed by atoms with E-state index in [1.54, 1.807) is 29.4 Å². The van der Waals surface area contributed by atoms with Crippen LogP contribution in [-0.2, 0) is 5.75 Å². The minimum absolute atomic E-state index is 0.697. The van der Waals surface area contributed by atoms with Gasteiger partial charge in [0.25, 0.3) is 0 Å². The summed E-state index contributed by atoms with van der Waals surface area (Å²) in [5.41, 5.74) is 2.07. The van der Waals surface area contributed by atoms with Crippen LogP contribution in [0.25, 0.3) is 17.3 Å². The van der Waals surface area contributed by atoms with Crippen LogP contribution in [0.4, 0.5) is 0 Å². The highest BCUT2D eigenvalue weighted by Gasteiger charge is 2.18. The minimum Gasteiger partial charge on any atom is -0.461 e. The number of hydrogen-bond donors (Lipinski definition) is 0. The summed E-state index contributed by atoms with van der Waals surface area (Å²) in [4.78, 5) is 4.51. The first-order valence-electron chi connectivity index (χ1n) is 7.40. The largest absolute Gasteiger partial charge is 0.461 e. The van der Waals surface area contributed by atoms with Gasteiger partial charge in [-0.1, -0.05) is 30.0 Å². The minimum atomic E-state index is 0.697. The lowest BCUT2D eigenvalue weighted by molar-refractivity contribution is 0.575. The van der Waals surface area contributed by atoms with Gasteiger partial charge in [0.2, 0.25) is 5.82 Å². The fourth-order valence-corrected chi connectivity index (χ4v) is 3.91. The Bertz CT molecular complexity index is 929. The van der Waals surface area contributed by atoms with Gasteiger partial charge in [0.15, 0.2) is 10.9 Å². The Morgan fingerprint density at radius 3 is 2.71 bits per heavy atom. The fourth-order valence-electron chi connectivity index (χ4n) is 2.35. The van der Waals surface area contributed by atoms with Crippen LogP contribution in [-0.4, -0.2) is 19.7 Å². The van der Waals surface area contributed by atoms with Crippen molar-refractivity contribution >= 4 is 23.1 Å². The van der Waals surface area contributed by atoms with Gasteiger partial charge in [-0.15, -0.1) is 21.5 Å². The Kier molecular flexibility index (Phi) is 4.18. The zero-order valence-corrected chi connectivity index (χ0v) is 14.5. The second-order valence-electron chi connectivity index (χ2n) is 5.10. The monoisotopic (exact) mass is 354 g/mol. The zero-order valence-electron chi connectivity index (χ0n) is 12.9. The van der Waals surface area contributed by atoms with Crippen LogP contribution in [0.1, 0.15) is 10.7 Å². The molecule has 7 heteroatoms. The van der Waals surface area contributed by atoms with Gasteiger partial charge >= 0.3 is 0 Å². The summed E-state index contributed by atoms with van der Waals surface area (Å²) < 4.78 is 7.53. The number of thiazole rings is 1. The number of thioether (sulfide) groups is 1. The molecule has 0 N–H and O–H groups in total. The molecule has 4 aromatic rings. The van der Waals surface area contributed by atoms with E-state index in [1.165, 1.54) is 0 Å². The summed E-state index contributed by atoms with van der Waals surface area (Å²) in [6.07, 6.45) is 1.64. The summed E-state index contributed by atoms with van der Waals surface area (Å²) in [7, 11) is 0. The van der Waals surface area contributed by atoms with E-state index in [9.17, 15) is 0 Å². The van der Waals surface area contributed by atoms with Crippen LogP contribution in [0.15, 0.2) is 63.7 Å². The van der Waals surface area contributed by atoms with Gasteiger partial charge in [-0.05, 0) is 31.2 Å². The Balaban J connectivity index is 1.71. The van der Waals surface area contributed by atoms with Crippen molar-refractivity contribution in [3.8, 4) is 17.3 Å². The molecule has 4 rings (SSSR count). The third kappa shape index (κ3) is 3.00. The van der Waals surface area contributed by atoms with Crippen LogP contribution >= 0.6 is 23.1 Å². The molecule has 0 atom stereocenters. The van der Waals surface area contributed by atoms with Gasteiger partial charge in [-0.3, -0.25) is 4.57 Å². The number of rotatable bonds is 5. The maximum absolute atomic E-state index is 5.52. The molecule has 24 heavy (non-hydrogen) atoms. The molecule has 0 aliphatic heterocycles. The van der Waals surface area contributed by atoms with E-state index < -0.39 is 0 Å². The first-order chi connectivity index (χ1) is 11.8. The summed E-state index contributed by atoms with van der Waals surface area (Å²) in [5, 5.41) is 12.7. The smallest absolute Gasteiger partial charge is 0.205 e. The summed E-state index contributed by atoms with van der Waals surface area (Å²) in [6, 6.07) is 13.8. The van der Waals surface area contributed by atoms with Crippen LogP contribution in [0, 0.1) is 6.92 Å². The fraction of sp³-hybridized carbons (Fsp3) is 0.118. The summed E-state index contributed by atoms with van der Waals surface area (Å²) in [5.74, 6) is 2.15. The molecule has 0 saturated carbocycles. The van der Waals surface area contributed by atoms with Crippen LogP contribution < -0.4 is 0 Å². The number of hydrogen-bond acceptors (Lipinski definition) is 6. The molecule has 0 fully saturated rings. The lowest BCUT2D eigenvalue weighted by Gasteiger charge is -2.08. The molecule has 120 valence electrons. The number of benzene rings is 1. The quantitative estimate of drug-likeness (QED) is 0.491. The average molecular weight is 354 g/mol. The first-order valence-corrected chi connectivity index (χ1v) is 9.26. The lowest BCUT2D eigenvalue weighted by Crippen LogP contribution is -1.99. The Hall–Kier alpha value is -2.38. The van der Waals surface area contributed by atoms with Crippen LogP contribution in [0.5, 0.6) is 0 Å². The molecule has 0 amide bonds. The molecule has 0 bridgehead atoms. The van der Waals surface area contributed by atoms with E-state index in [0.717, 1.165) is 27.3 Å². The SMILES string of the molecule is Cc1nc(CSc2nnc(-c3ccco3)n2-c2ccccc2)cs1. The molecule has 0 radical (unpaired) electrons. The molecule has 1 aromatic carbocycles. The average Bonchev–Trinajstić information content (AvgIpc) is 3.34. The molecule has 0 unspecified atom stereocenters. The van der Waals surface area contributed by atoms with Crippen molar-refractivity contribution in [3.63, 3.8) is 0 Å². The van der Waals surface area contributed by atoms with Crippen molar-refractivity contribution in [2.24, 2.45) is 0 Å². The van der Waals surface area contributed by atoms with E-state index in [0.29, 0.717) is 11.6 Å². The van der Waals surface area contributed by atoms with Crippen molar-refractivity contribution in [2.75, 3.05) is 0 Å². The third-order valence-electron chi connectivity index (χ3n) is 3.41. The number of para-hydroxylation sites is 1. The van der Waals surface area contributed by atoms with Crippen LogP contribution in [0.3, 0.4) is 0 Å². The van der Waals surface area contributed by atoms with Crippen molar-refractivity contribution in [1.82, 2.24) is 19.7 Å². The lowest BCUT2D eigenvalue weighted by atomic mass is 10.3. The summed E-state index contributed by atoms with van der Waals surface area (Å²) >= 11 is 3.28. The first kappa shape index (κ1) is 15.2. The predicted molar refractivity (Wildman–Crippen MR) is 95.5 cm³/mol. The molecule has 0 aliphatic rings. The standard InChI is InChI=1S/C17H14N4OS2/c1-12-18-13(10-23-12)11-24-17-20-19-16(15-8-5-9-22-15)21(17)14-6-3-2-4-7-14/h2-10H,11H2,1H3. The molecule has 3 aromatic heterocycles. The molecule has 5 nitrogen and oxygen atoms in total. The van der Waals surface area contributed by atoms with Crippen molar-refractivity contribution < 1.29 is 4.42 Å². The van der Waals surface area contributed by atoms with E-state index in [1.807, 2.05) is 54.0 Å². The number of nitrogens with zero attached hydrogens (tertiary/aromatic N) is 4. The normalized spacial score (nSPS) is 11.0. The highest BCUT2D eigenvalue weighted by atomic mass is 32.2. The van der Waals surface area contributed by atoms with Gasteiger partial charge in [0.05, 0.1) is 17.0 Å². The maximum Gasteiger partial charge on any atom is 0.205 e. The molecule has 0 spiro atoms. The highest BCUT2D eigenvalue weighted by Crippen LogP contribution is 2.30. The van der Waals surface area contributed by atoms with E-state index >= 15 is 0 Å². The number of furan rings is 1.